The number of rotatable bonds is 9. The quantitative estimate of drug-likeness (QED) is 0.548. The molecule has 1 aromatic carbocycles. The maximum atomic E-state index is 12.0. The first-order valence-corrected chi connectivity index (χ1v) is 10.3. The summed E-state index contributed by atoms with van der Waals surface area (Å²) in [4.78, 5) is 32.5. The largest absolute Gasteiger partial charge is 0.455 e. The number of benzene rings is 1. The molecule has 0 unspecified atom stereocenters. The number of nitrogens with zero attached hydrogens (tertiary/aromatic N) is 2. The SMILES string of the molecule is C[C@@H](CCc1ccccc1)NC(=O)COC(=O)Cc1csc(-c2cccnc2)n1. The molecule has 0 saturated heterocycles. The fraction of sp³-hybridized carbons (Fsp3) is 0.273. The van der Waals surface area contributed by atoms with Gasteiger partial charge in [0.1, 0.15) is 5.01 Å². The van der Waals surface area contributed by atoms with E-state index in [4.69, 9.17) is 4.74 Å². The Balaban J connectivity index is 1.38. The molecule has 0 spiro atoms. The van der Waals surface area contributed by atoms with Crippen LogP contribution in [-0.4, -0.2) is 34.5 Å². The molecule has 0 radical (unpaired) electrons. The van der Waals surface area contributed by atoms with E-state index in [2.05, 4.69) is 27.4 Å². The average molecular weight is 410 g/mol. The van der Waals surface area contributed by atoms with Gasteiger partial charge in [0.2, 0.25) is 0 Å². The maximum absolute atomic E-state index is 12.0. The Labute approximate surface area is 174 Å². The van der Waals surface area contributed by atoms with E-state index < -0.39 is 5.97 Å². The summed E-state index contributed by atoms with van der Waals surface area (Å²) in [6, 6.07) is 13.9. The normalized spacial score (nSPS) is 11.6. The van der Waals surface area contributed by atoms with Crippen molar-refractivity contribution in [2.45, 2.75) is 32.2 Å². The van der Waals surface area contributed by atoms with Crippen molar-refractivity contribution in [2.75, 3.05) is 6.61 Å². The molecule has 0 fully saturated rings. The van der Waals surface area contributed by atoms with Gasteiger partial charge < -0.3 is 10.1 Å². The van der Waals surface area contributed by atoms with E-state index in [9.17, 15) is 9.59 Å². The Morgan fingerprint density at radius 2 is 2.00 bits per heavy atom. The Morgan fingerprint density at radius 1 is 1.17 bits per heavy atom. The predicted octanol–water partition coefficient (Wildman–Crippen LogP) is 3.43. The average Bonchev–Trinajstić information content (AvgIpc) is 3.20. The van der Waals surface area contributed by atoms with Crippen LogP contribution in [0.4, 0.5) is 0 Å². The van der Waals surface area contributed by atoms with Gasteiger partial charge in [0.05, 0.1) is 12.1 Å². The van der Waals surface area contributed by atoms with Crippen LogP contribution < -0.4 is 5.32 Å². The molecule has 2 aromatic heterocycles. The number of aryl methyl sites for hydroxylation is 1. The number of pyridine rings is 1. The minimum atomic E-state index is -0.472. The highest BCUT2D eigenvalue weighted by Crippen LogP contribution is 2.22. The fourth-order valence-corrected chi connectivity index (χ4v) is 3.58. The van der Waals surface area contributed by atoms with Gasteiger partial charge in [0.15, 0.2) is 6.61 Å². The minimum Gasteiger partial charge on any atom is -0.455 e. The van der Waals surface area contributed by atoms with Crippen LogP contribution in [0.2, 0.25) is 0 Å². The molecule has 1 N–H and O–H groups in total. The van der Waals surface area contributed by atoms with Crippen molar-refractivity contribution in [3.05, 3.63) is 71.5 Å². The summed E-state index contributed by atoms with van der Waals surface area (Å²) in [5.74, 6) is -0.770. The van der Waals surface area contributed by atoms with Crippen LogP contribution >= 0.6 is 11.3 Å². The molecule has 1 atom stereocenters. The molecule has 1 amide bonds. The number of thiazole rings is 1. The lowest BCUT2D eigenvalue weighted by Crippen LogP contribution is -2.36. The van der Waals surface area contributed by atoms with Crippen LogP contribution in [0, 0.1) is 0 Å². The Kier molecular flexibility index (Phi) is 7.47. The Morgan fingerprint density at radius 3 is 2.76 bits per heavy atom. The summed E-state index contributed by atoms with van der Waals surface area (Å²) in [6.45, 7) is 1.66. The number of ether oxygens (including phenoxy) is 1. The number of hydrogen-bond donors (Lipinski definition) is 1. The monoisotopic (exact) mass is 409 g/mol. The van der Waals surface area contributed by atoms with Crippen molar-refractivity contribution < 1.29 is 14.3 Å². The summed E-state index contributed by atoms with van der Waals surface area (Å²) in [5.41, 5.74) is 2.76. The van der Waals surface area contributed by atoms with Crippen molar-refractivity contribution in [3.63, 3.8) is 0 Å². The standard InChI is InChI=1S/C22H23N3O3S/c1-16(9-10-17-6-3-2-4-7-17)24-20(26)14-28-21(27)12-19-15-29-22(25-19)18-8-5-11-23-13-18/h2-8,11,13,15-16H,9-10,12,14H2,1H3,(H,24,26)/t16-/m0/s1. The minimum absolute atomic E-state index is 0.00184. The number of hydrogen-bond acceptors (Lipinski definition) is 6. The molecule has 0 saturated carbocycles. The second-order valence-corrected chi connectivity index (χ2v) is 7.57. The first kappa shape index (κ1) is 20.7. The Bertz CT molecular complexity index is 929. The van der Waals surface area contributed by atoms with Crippen LogP contribution in [0.15, 0.2) is 60.2 Å². The zero-order chi connectivity index (χ0) is 20.5. The number of nitrogens with one attached hydrogen (secondary N) is 1. The molecular weight excluding hydrogens is 386 g/mol. The van der Waals surface area contributed by atoms with E-state index in [1.54, 1.807) is 12.4 Å². The van der Waals surface area contributed by atoms with E-state index in [0.29, 0.717) is 5.69 Å². The third kappa shape index (κ3) is 6.80. The third-order valence-corrected chi connectivity index (χ3v) is 5.21. The Hall–Kier alpha value is -3.06. The molecule has 3 rings (SSSR count). The zero-order valence-electron chi connectivity index (χ0n) is 16.2. The lowest BCUT2D eigenvalue weighted by Gasteiger charge is -2.14. The van der Waals surface area contributed by atoms with Gasteiger partial charge in [-0.15, -0.1) is 11.3 Å². The molecule has 3 aromatic rings. The molecule has 6 nitrogen and oxygen atoms in total. The summed E-state index contributed by atoms with van der Waals surface area (Å²) < 4.78 is 5.09. The third-order valence-electron chi connectivity index (χ3n) is 4.27. The van der Waals surface area contributed by atoms with E-state index in [1.807, 2.05) is 42.6 Å². The highest BCUT2D eigenvalue weighted by atomic mass is 32.1. The van der Waals surface area contributed by atoms with Gasteiger partial charge in [0.25, 0.3) is 5.91 Å². The first-order chi connectivity index (χ1) is 14.1. The summed E-state index contributed by atoms with van der Waals surface area (Å²) in [7, 11) is 0. The van der Waals surface area contributed by atoms with Crippen LogP contribution in [0.5, 0.6) is 0 Å². The van der Waals surface area contributed by atoms with E-state index in [1.165, 1.54) is 16.9 Å². The van der Waals surface area contributed by atoms with Gasteiger partial charge in [-0.05, 0) is 37.5 Å². The molecule has 0 aliphatic heterocycles. The smallest absolute Gasteiger partial charge is 0.312 e. The summed E-state index contributed by atoms with van der Waals surface area (Å²) in [5, 5.41) is 5.47. The van der Waals surface area contributed by atoms with Gasteiger partial charge >= 0.3 is 5.97 Å². The molecule has 0 aliphatic carbocycles. The van der Waals surface area contributed by atoms with Gasteiger partial charge in [-0.25, -0.2) is 4.98 Å². The molecule has 2 heterocycles. The van der Waals surface area contributed by atoms with Crippen LogP contribution in [-0.2, 0) is 27.2 Å². The van der Waals surface area contributed by atoms with Gasteiger partial charge in [-0.3, -0.25) is 14.6 Å². The van der Waals surface area contributed by atoms with Crippen LogP contribution in [0.25, 0.3) is 10.6 Å². The maximum Gasteiger partial charge on any atom is 0.312 e. The van der Waals surface area contributed by atoms with Crippen molar-refractivity contribution >= 4 is 23.2 Å². The van der Waals surface area contributed by atoms with Crippen molar-refractivity contribution in [3.8, 4) is 10.6 Å². The molecular formula is C22H23N3O3S. The lowest BCUT2D eigenvalue weighted by molar-refractivity contribution is -0.148. The fourth-order valence-electron chi connectivity index (χ4n) is 2.77. The molecule has 29 heavy (non-hydrogen) atoms. The zero-order valence-corrected chi connectivity index (χ0v) is 17.0. The molecule has 150 valence electrons. The van der Waals surface area contributed by atoms with E-state index in [0.717, 1.165) is 23.4 Å². The molecule has 7 heteroatoms. The second-order valence-electron chi connectivity index (χ2n) is 6.72. The summed E-state index contributed by atoms with van der Waals surface area (Å²) in [6.07, 6.45) is 5.16. The van der Waals surface area contributed by atoms with Crippen molar-refractivity contribution in [1.82, 2.24) is 15.3 Å². The second kappa shape index (κ2) is 10.5. The predicted molar refractivity (Wildman–Crippen MR) is 112 cm³/mol. The lowest BCUT2D eigenvalue weighted by atomic mass is 10.1. The van der Waals surface area contributed by atoms with Gasteiger partial charge in [0, 0.05) is 29.4 Å². The number of aromatic nitrogens is 2. The molecule has 0 aliphatic rings. The molecule has 0 bridgehead atoms. The highest BCUT2D eigenvalue weighted by Gasteiger charge is 2.13. The van der Waals surface area contributed by atoms with E-state index >= 15 is 0 Å². The topological polar surface area (TPSA) is 81.2 Å². The van der Waals surface area contributed by atoms with Crippen molar-refractivity contribution in [1.29, 1.82) is 0 Å². The van der Waals surface area contributed by atoms with Gasteiger partial charge in [-0.2, -0.15) is 0 Å². The van der Waals surface area contributed by atoms with Crippen LogP contribution in [0.1, 0.15) is 24.6 Å². The van der Waals surface area contributed by atoms with Crippen LogP contribution in [0.3, 0.4) is 0 Å². The number of carbonyl (C=O) groups is 2. The number of esters is 1. The first-order valence-electron chi connectivity index (χ1n) is 9.44. The number of amides is 1. The number of carbonyl (C=O) groups excluding carboxylic acids is 2. The van der Waals surface area contributed by atoms with E-state index in [-0.39, 0.29) is 25.0 Å². The highest BCUT2D eigenvalue weighted by molar-refractivity contribution is 7.13. The summed E-state index contributed by atoms with van der Waals surface area (Å²) >= 11 is 1.44. The van der Waals surface area contributed by atoms with Gasteiger partial charge in [-0.1, -0.05) is 30.3 Å². The van der Waals surface area contributed by atoms with Crippen molar-refractivity contribution in [2.24, 2.45) is 0 Å².